The number of hydrogen-bond donors (Lipinski definition) is 0. The lowest BCUT2D eigenvalue weighted by Crippen LogP contribution is -2.32. The third-order valence-corrected chi connectivity index (χ3v) is 5.98. The van der Waals surface area contributed by atoms with Gasteiger partial charge in [-0.3, -0.25) is 0 Å². The summed E-state index contributed by atoms with van der Waals surface area (Å²) in [6.45, 7) is 0. The molecule has 0 aliphatic carbocycles. The van der Waals surface area contributed by atoms with Crippen molar-refractivity contribution in [2.75, 3.05) is 9.96 Å². The molecule has 1 heterocycles. The van der Waals surface area contributed by atoms with Crippen molar-refractivity contribution in [3.8, 4) is 0 Å². The Labute approximate surface area is 185 Å². The van der Waals surface area contributed by atoms with E-state index in [1.54, 1.807) is 9.96 Å². The standard InChI is InChI=1S/C28H20N2O2/c31-28-29(26-19-9-13-21-11-5-7-17-24(21)26)27(30(32-28)22-14-2-1-3-15-22)25-18-8-12-20-10-4-6-16-23(20)25/h1-19,27H. The summed E-state index contributed by atoms with van der Waals surface area (Å²) in [7, 11) is 0. The molecule has 1 saturated heterocycles. The molecular formula is C28H20N2O2. The highest BCUT2D eigenvalue weighted by atomic mass is 16.7. The summed E-state index contributed by atoms with van der Waals surface area (Å²) in [5.74, 6) is 0. The van der Waals surface area contributed by atoms with Gasteiger partial charge in [0.25, 0.3) is 0 Å². The highest BCUT2D eigenvalue weighted by molar-refractivity contribution is 6.04. The van der Waals surface area contributed by atoms with Gasteiger partial charge >= 0.3 is 6.09 Å². The summed E-state index contributed by atoms with van der Waals surface area (Å²) in [6, 6.07) is 38.3. The Bertz CT molecular complexity index is 1440. The maximum absolute atomic E-state index is 13.4. The molecule has 1 atom stereocenters. The summed E-state index contributed by atoms with van der Waals surface area (Å²) in [5, 5.41) is 6.01. The summed E-state index contributed by atoms with van der Waals surface area (Å²) >= 11 is 0. The predicted octanol–water partition coefficient (Wildman–Crippen LogP) is 7.07. The highest BCUT2D eigenvalue weighted by Gasteiger charge is 2.44. The molecular weight excluding hydrogens is 396 g/mol. The largest absolute Gasteiger partial charge is 0.441 e. The fourth-order valence-corrected chi connectivity index (χ4v) is 4.54. The van der Waals surface area contributed by atoms with Crippen LogP contribution in [0.15, 0.2) is 115 Å². The molecule has 0 saturated carbocycles. The van der Waals surface area contributed by atoms with Gasteiger partial charge in [0.15, 0.2) is 6.17 Å². The van der Waals surface area contributed by atoms with E-state index < -0.39 is 12.3 Å². The number of carbonyl (C=O) groups excluding carboxylic acids is 1. The van der Waals surface area contributed by atoms with Gasteiger partial charge in [-0.05, 0) is 34.4 Å². The Morgan fingerprint density at radius 2 is 1.19 bits per heavy atom. The van der Waals surface area contributed by atoms with Gasteiger partial charge in [-0.2, -0.15) is 5.06 Å². The first-order valence-corrected chi connectivity index (χ1v) is 10.6. The average molecular weight is 416 g/mol. The van der Waals surface area contributed by atoms with E-state index in [9.17, 15) is 4.79 Å². The summed E-state index contributed by atoms with van der Waals surface area (Å²) in [4.78, 5) is 21.0. The van der Waals surface area contributed by atoms with Crippen LogP contribution in [0.25, 0.3) is 21.5 Å². The van der Waals surface area contributed by atoms with Crippen molar-refractivity contribution in [2.45, 2.75) is 6.17 Å². The SMILES string of the molecule is O=C1ON(c2ccccc2)C(c2cccc3ccccc23)N1c1cccc2ccccc12. The third kappa shape index (κ3) is 2.88. The fourth-order valence-electron chi connectivity index (χ4n) is 4.54. The number of amides is 1. The summed E-state index contributed by atoms with van der Waals surface area (Å²) in [5.41, 5.74) is 2.65. The van der Waals surface area contributed by atoms with Crippen molar-refractivity contribution in [1.82, 2.24) is 0 Å². The molecule has 0 aromatic heterocycles. The van der Waals surface area contributed by atoms with Gasteiger partial charge in [0.2, 0.25) is 0 Å². The smallest absolute Gasteiger partial charge is 0.319 e. The van der Waals surface area contributed by atoms with Gasteiger partial charge in [0.05, 0.1) is 11.4 Å². The van der Waals surface area contributed by atoms with E-state index in [0.29, 0.717) is 0 Å². The van der Waals surface area contributed by atoms with Crippen molar-refractivity contribution in [1.29, 1.82) is 0 Å². The molecule has 0 radical (unpaired) electrons. The van der Waals surface area contributed by atoms with E-state index >= 15 is 0 Å². The molecule has 0 spiro atoms. The minimum absolute atomic E-state index is 0.400. The van der Waals surface area contributed by atoms with Gasteiger partial charge in [-0.25, -0.2) is 9.69 Å². The van der Waals surface area contributed by atoms with Crippen LogP contribution in [0.1, 0.15) is 11.7 Å². The number of hydroxylamine groups is 1. The molecule has 4 nitrogen and oxygen atoms in total. The van der Waals surface area contributed by atoms with Gasteiger partial charge in [-0.1, -0.05) is 97.1 Å². The number of fused-ring (bicyclic) bond motifs is 2. The minimum atomic E-state index is -0.457. The molecule has 1 aliphatic heterocycles. The Hall–Kier alpha value is -4.31. The van der Waals surface area contributed by atoms with Crippen molar-refractivity contribution in [3.63, 3.8) is 0 Å². The quantitative estimate of drug-likeness (QED) is 0.315. The lowest BCUT2D eigenvalue weighted by molar-refractivity contribution is 0.164. The maximum Gasteiger partial charge on any atom is 0.441 e. The lowest BCUT2D eigenvalue weighted by atomic mass is 10.0. The molecule has 1 aliphatic rings. The Morgan fingerprint density at radius 1 is 0.594 bits per heavy atom. The third-order valence-electron chi connectivity index (χ3n) is 5.98. The zero-order valence-electron chi connectivity index (χ0n) is 17.3. The maximum atomic E-state index is 13.4. The van der Waals surface area contributed by atoms with Crippen molar-refractivity contribution < 1.29 is 9.63 Å². The number of carbonyl (C=O) groups is 1. The molecule has 6 rings (SSSR count). The zero-order valence-corrected chi connectivity index (χ0v) is 17.3. The van der Waals surface area contributed by atoms with Gasteiger partial charge in [-0.15, -0.1) is 0 Å². The number of anilines is 2. The van der Waals surface area contributed by atoms with Crippen LogP contribution in [0.2, 0.25) is 0 Å². The van der Waals surface area contributed by atoms with E-state index in [4.69, 9.17) is 4.84 Å². The Morgan fingerprint density at radius 3 is 1.97 bits per heavy atom. The van der Waals surface area contributed by atoms with Crippen LogP contribution >= 0.6 is 0 Å². The zero-order chi connectivity index (χ0) is 21.5. The topological polar surface area (TPSA) is 32.8 Å². The first-order chi connectivity index (χ1) is 15.8. The number of para-hydroxylation sites is 1. The molecule has 32 heavy (non-hydrogen) atoms. The first-order valence-electron chi connectivity index (χ1n) is 10.6. The molecule has 5 aromatic carbocycles. The number of rotatable bonds is 3. The molecule has 1 fully saturated rings. The molecule has 0 bridgehead atoms. The monoisotopic (exact) mass is 416 g/mol. The molecule has 1 amide bonds. The van der Waals surface area contributed by atoms with E-state index in [0.717, 1.165) is 38.5 Å². The molecule has 5 aromatic rings. The second kappa shape index (κ2) is 7.43. The van der Waals surface area contributed by atoms with Crippen molar-refractivity contribution in [3.05, 3.63) is 121 Å². The molecule has 1 unspecified atom stereocenters. The van der Waals surface area contributed by atoms with E-state index in [1.165, 1.54) is 0 Å². The Kier molecular flexibility index (Phi) is 4.29. The average Bonchev–Trinajstić information content (AvgIpc) is 3.20. The van der Waals surface area contributed by atoms with Crippen LogP contribution in [-0.4, -0.2) is 6.09 Å². The highest BCUT2D eigenvalue weighted by Crippen LogP contribution is 2.43. The van der Waals surface area contributed by atoms with Crippen molar-refractivity contribution in [2.24, 2.45) is 0 Å². The van der Waals surface area contributed by atoms with Crippen LogP contribution in [0.3, 0.4) is 0 Å². The van der Waals surface area contributed by atoms with Crippen LogP contribution in [-0.2, 0) is 4.84 Å². The minimum Gasteiger partial charge on any atom is -0.319 e. The van der Waals surface area contributed by atoms with Gasteiger partial charge in [0, 0.05) is 10.9 Å². The summed E-state index contributed by atoms with van der Waals surface area (Å²) in [6.07, 6.45) is -0.857. The van der Waals surface area contributed by atoms with Gasteiger partial charge < -0.3 is 4.84 Å². The normalized spacial score (nSPS) is 16.0. The van der Waals surface area contributed by atoms with E-state index in [2.05, 4.69) is 36.4 Å². The number of nitrogens with zero attached hydrogens (tertiary/aromatic N) is 2. The van der Waals surface area contributed by atoms with Crippen LogP contribution in [0, 0.1) is 0 Å². The lowest BCUT2D eigenvalue weighted by Gasteiger charge is -2.29. The fraction of sp³-hybridized carbons (Fsp3) is 0.0357. The summed E-state index contributed by atoms with van der Waals surface area (Å²) < 4.78 is 0. The van der Waals surface area contributed by atoms with E-state index in [1.807, 2.05) is 78.9 Å². The Balaban J connectivity index is 1.62. The second-order valence-electron chi connectivity index (χ2n) is 7.83. The van der Waals surface area contributed by atoms with Gasteiger partial charge in [0.1, 0.15) is 0 Å². The van der Waals surface area contributed by atoms with Crippen LogP contribution in [0.4, 0.5) is 16.2 Å². The number of benzene rings is 5. The van der Waals surface area contributed by atoms with Crippen LogP contribution < -0.4 is 9.96 Å². The first kappa shape index (κ1) is 18.5. The molecule has 0 N–H and O–H groups in total. The molecule has 4 heteroatoms. The number of hydrogen-bond acceptors (Lipinski definition) is 3. The van der Waals surface area contributed by atoms with E-state index in [-0.39, 0.29) is 0 Å². The predicted molar refractivity (Wildman–Crippen MR) is 129 cm³/mol. The van der Waals surface area contributed by atoms with Crippen molar-refractivity contribution >= 4 is 39.0 Å². The van der Waals surface area contributed by atoms with Crippen LogP contribution in [0.5, 0.6) is 0 Å². The molecule has 154 valence electrons. The second-order valence-corrected chi connectivity index (χ2v) is 7.83.